The molecule has 0 amide bonds. The van der Waals surface area contributed by atoms with E-state index in [1.807, 2.05) is 0 Å². The zero-order valence-corrected chi connectivity index (χ0v) is 17.8. The molecule has 0 atom stereocenters. The van der Waals surface area contributed by atoms with Crippen molar-refractivity contribution < 1.29 is 26.1 Å². The number of nitrogens with zero attached hydrogens (tertiary/aromatic N) is 2. The molecule has 160 valence electrons. The van der Waals surface area contributed by atoms with Crippen molar-refractivity contribution >= 4 is 36.7 Å². The summed E-state index contributed by atoms with van der Waals surface area (Å²) < 4.78 is 70.2. The molecule has 0 saturated heterocycles. The lowest BCUT2D eigenvalue weighted by Gasteiger charge is -2.15. The predicted octanol–water partition coefficient (Wildman–Crippen LogP) is 4.73. The van der Waals surface area contributed by atoms with Gasteiger partial charge in [-0.3, -0.25) is 9.36 Å². The van der Waals surface area contributed by atoms with E-state index < -0.39 is 27.1 Å². The number of rotatable bonds is 4. The van der Waals surface area contributed by atoms with Gasteiger partial charge < -0.3 is 4.52 Å². The summed E-state index contributed by atoms with van der Waals surface area (Å²) in [4.78, 5) is 12.6. The first kappa shape index (κ1) is 21.3. The Labute approximate surface area is 182 Å². The van der Waals surface area contributed by atoms with Crippen molar-refractivity contribution in [3.8, 4) is 5.69 Å². The van der Waals surface area contributed by atoms with Crippen LogP contribution in [0.25, 0.3) is 16.6 Å². The van der Waals surface area contributed by atoms with Crippen LogP contribution in [-0.2, 0) is 21.8 Å². The summed E-state index contributed by atoms with van der Waals surface area (Å²) in [7, 11) is -3.74. The highest BCUT2D eigenvalue weighted by atomic mass is 79.9. The van der Waals surface area contributed by atoms with Crippen LogP contribution in [0.3, 0.4) is 0 Å². The van der Waals surface area contributed by atoms with Gasteiger partial charge in [0.05, 0.1) is 27.4 Å². The fourth-order valence-corrected chi connectivity index (χ4v) is 4.96. The number of hydrogen-bond acceptors (Lipinski definition) is 5. The Bertz CT molecular complexity index is 1450. The molecule has 0 saturated carbocycles. The van der Waals surface area contributed by atoms with E-state index >= 15 is 0 Å². The lowest BCUT2D eigenvalue weighted by molar-refractivity contribution is -0.137. The molecule has 2 aromatic heterocycles. The quantitative estimate of drug-likeness (QED) is 0.394. The highest BCUT2D eigenvalue weighted by Gasteiger charge is 2.31. The average molecular weight is 513 g/mol. The summed E-state index contributed by atoms with van der Waals surface area (Å²) in [5, 5.41) is 4.03. The molecule has 0 aliphatic rings. The highest BCUT2D eigenvalue weighted by molar-refractivity contribution is 9.10. The largest absolute Gasteiger partial charge is 0.416 e. The standard InChI is InChI=1S/C20H12BrF3N2O4S/c21-16-10-13(20(22,23)24)2-4-18(16)26-17-5-3-15(9-12(17)1-6-19(26)27)31(28,29)11-14-7-8-30-25-14/h1-10H,11H2. The second kappa shape index (κ2) is 7.65. The molecule has 31 heavy (non-hydrogen) atoms. The van der Waals surface area contributed by atoms with Crippen molar-refractivity contribution in [1.82, 2.24) is 9.72 Å². The lowest BCUT2D eigenvalue weighted by atomic mass is 10.1. The first-order chi connectivity index (χ1) is 14.6. The summed E-state index contributed by atoms with van der Waals surface area (Å²) in [5.74, 6) is -0.362. The topological polar surface area (TPSA) is 82.2 Å². The average Bonchev–Trinajstić information content (AvgIpc) is 3.19. The van der Waals surface area contributed by atoms with E-state index in [4.69, 9.17) is 0 Å². The SMILES string of the molecule is O=c1ccc2cc(S(=O)(=O)Cc3ccon3)ccc2n1-c1ccc(C(F)(F)F)cc1Br. The maximum atomic E-state index is 13.0. The first-order valence-corrected chi connectivity index (χ1v) is 11.2. The number of fused-ring (bicyclic) bond motifs is 1. The van der Waals surface area contributed by atoms with Gasteiger partial charge in [0, 0.05) is 22.0 Å². The van der Waals surface area contributed by atoms with Gasteiger partial charge in [-0.15, -0.1) is 0 Å². The summed E-state index contributed by atoms with van der Waals surface area (Å²) in [6, 6.07) is 11.3. The van der Waals surface area contributed by atoms with Crippen LogP contribution in [0.4, 0.5) is 13.2 Å². The van der Waals surface area contributed by atoms with Crippen molar-refractivity contribution in [2.75, 3.05) is 0 Å². The van der Waals surface area contributed by atoms with Gasteiger partial charge in [0.25, 0.3) is 5.56 Å². The maximum Gasteiger partial charge on any atom is 0.416 e. The van der Waals surface area contributed by atoms with Crippen molar-refractivity contribution in [3.63, 3.8) is 0 Å². The molecule has 0 fully saturated rings. The van der Waals surface area contributed by atoms with Gasteiger partial charge in [0.2, 0.25) is 0 Å². The third-order valence-corrected chi connectivity index (χ3v) is 6.85. The molecular weight excluding hydrogens is 501 g/mol. The molecule has 6 nitrogen and oxygen atoms in total. The van der Waals surface area contributed by atoms with E-state index in [9.17, 15) is 26.4 Å². The molecule has 0 N–H and O–H groups in total. The van der Waals surface area contributed by atoms with Gasteiger partial charge in [0.1, 0.15) is 12.0 Å². The molecule has 0 aliphatic carbocycles. The first-order valence-electron chi connectivity index (χ1n) is 8.71. The van der Waals surface area contributed by atoms with Crippen LogP contribution in [0.5, 0.6) is 0 Å². The van der Waals surface area contributed by atoms with E-state index in [1.54, 1.807) is 0 Å². The fraction of sp³-hybridized carbons (Fsp3) is 0.100. The zero-order valence-electron chi connectivity index (χ0n) is 15.4. The van der Waals surface area contributed by atoms with Gasteiger partial charge in [-0.05, 0) is 58.4 Å². The molecule has 0 spiro atoms. The molecule has 0 unspecified atom stereocenters. The normalized spacial score (nSPS) is 12.4. The van der Waals surface area contributed by atoms with E-state index in [1.165, 1.54) is 53.3 Å². The zero-order chi connectivity index (χ0) is 22.4. The maximum absolute atomic E-state index is 13.0. The minimum atomic E-state index is -4.53. The predicted molar refractivity (Wildman–Crippen MR) is 110 cm³/mol. The van der Waals surface area contributed by atoms with Gasteiger partial charge >= 0.3 is 6.18 Å². The second-order valence-corrected chi connectivity index (χ2v) is 9.49. The van der Waals surface area contributed by atoms with E-state index in [-0.39, 0.29) is 26.5 Å². The molecule has 0 aliphatic heterocycles. The highest BCUT2D eigenvalue weighted by Crippen LogP contribution is 2.34. The molecular formula is C20H12BrF3N2O4S. The smallest absolute Gasteiger partial charge is 0.364 e. The Morgan fingerprint density at radius 1 is 1.03 bits per heavy atom. The van der Waals surface area contributed by atoms with Crippen molar-refractivity contribution in [2.24, 2.45) is 0 Å². The van der Waals surface area contributed by atoms with Crippen LogP contribution in [-0.4, -0.2) is 18.1 Å². The molecule has 0 radical (unpaired) electrons. The lowest BCUT2D eigenvalue weighted by Crippen LogP contribution is -2.18. The summed E-state index contributed by atoms with van der Waals surface area (Å²) >= 11 is 3.10. The number of hydrogen-bond donors (Lipinski definition) is 0. The van der Waals surface area contributed by atoms with Crippen LogP contribution in [0, 0.1) is 0 Å². The molecule has 4 rings (SSSR count). The Kier molecular flexibility index (Phi) is 5.26. The number of pyridine rings is 1. The van der Waals surface area contributed by atoms with Crippen LogP contribution in [0.2, 0.25) is 0 Å². The number of aromatic nitrogens is 2. The summed E-state index contributed by atoms with van der Waals surface area (Å²) in [6.07, 6.45) is -3.26. The molecule has 2 heterocycles. The van der Waals surface area contributed by atoms with E-state index in [2.05, 4.69) is 25.6 Å². The van der Waals surface area contributed by atoms with E-state index in [0.29, 0.717) is 10.9 Å². The van der Waals surface area contributed by atoms with Gasteiger partial charge in [-0.1, -0.05) is 5.16 Å². The number of alkyl halides is 3. The Balaban J connectivity index is 1.83. The summed E-state index contributed by atoms with van der Waals surface area (Å²) in [5.41, 5.74) is -0.558. The minimum Gasteiger partial charge on any atom is -0.364 e. The Morgan fingerprint density at radius 2 is 1.81 bits per heavy atom. The van der Waals surface area contributed by atoms with Crippen LogP contribution in [0.1, 0.15) is 11.3 Å². The fourth-order valence-electron chi connectivity index (χ4n) is 3.12. The third-order valence-electron chi connectivity index (χ3n) is 4.57. The van der Waals surface area contributed by atoms with Crippen molar-refractivity contribution in [3.05, 3.63) is 86.9 Å². The van der Waals surface area contributed by atoms with Crippen molar-refractivity contribution in [1.29, 1.82) is 0 Å². The van der Waals surface area contributed by atoms with Gasteiger partial charge in [-0.25, -0.2) is 8.42 Å². The molecule has 4 aromatic rings. The number of sulfone groups is 1. The van der Waals surface area contributed by atoms with Crippen molar-refractivity contribution in [2.45, 2.75) is 16.8 Å². The van der Waals surface area contributed by atoms with Crippen LogP contribution < -0.4 is 5.56 Å². The summed E-state index contributed by atoms with van der Waals surface area (Å²) in [6.45, 7) is 0. The monoisotopic (exact) mass is 512 g/mol. The van der Waals surface area contributed by atoms with Gasteiger partial charge in [-0.2, -0.15) is 13.2 Å². The molecule has 11 heteroatoms. The van der Waals surface area contributed by atoms with Crippen LogP contribution >= 0.6 is 15.9 Å². The Hall–Kier alpha value is -2.92. The number of halogens is 4. The van der Waals surface area contributed by atoms with E-state index in [0.717, 1.165) is 12.1 Å². The molecule has 2 aromatic carbocycles. The minimum absolute atomic E-state index is 0.0136. The third kappa shape index (κ3) is 4.15. The van der Waals surface area contributed by atoms with Gasteiger partial charge in [0.15, 0.2) is 9.84 Å². The van der Waals surface area contributed by atoms with Crippen LogP contribution in [0.15, 0.2) is 79.5 Å². The molecule has 0 bridgehead atoms. The number of benzene rings is 2. The second-order valence-electron chi connectivity index (χ2n) is 6.64. The Morgan fingerprint density at radius 3 is 2.45 bits per heavy atom.